The van der Waals surface area contributed by atoms with Crippen LogP contribution in [0.1, 0.15) is 28.2 Å². The standard InChI is InChI=1S/C22H22N6O/c29-22-19-18(6-10-25-22)21(27-20(26-19)16-4-3-8-23-13-16)28-11-7-15(14-28)12-17-5-1-2-9-24-17/h1-5,8-9,13,15H,6-7,10-12,14H2,(H,25,29). The maximum absolute atomic E-state index is 12.5. The third-order valence-corrected chi connectivity index (χ3v) is 5.59. The van der Waals surface area contributed by atoms with Gasteiger partial charge in [-0.15, -0.1) is 0 Å². The molecule has 2 aliphatic rings. The minimum Gasteiger partial charge on any atom is -0.356 e. The Morgan fingerprint density at radius 3 is 2.93 bits per heavy atom. The Balaban J connectivity index is 1.47. The summed E-state index contributed by atoms with van der Waals surface area (Å²) in [5, 5.41) is 2.90. The Morgan fingerprint density at radius 1 is 1.14 bits per heavy atom. The molecule has 1 unspecified atom stereocenters. The lowest BCUT2D eigenvalue weighted by Gasteiger charge is -2.25. The van der Waals surface area contributed by atoms with E-state index in [1.807, 2.05) is 30.5 Å². The number of pyridine rings is 2. The third kappa shape index (κ3) is 3.55. The Morgan fingerprint density at radius 2 is 2.10 bits per heavy atom. The van der Waals surface area contributed by atoms with Gasteiger partial charge < -0.3 is 10.2 Å². The van der Waals surface area contributed by atoms with E-state index in [1.54, 1.807) is 12.4 Å². The van der Waals surface area contributed by atoms with E-state index in [0.717, 1.165) is 55.0 Å². The summed E-state index contributed by atoms with van der Waals surface area (Å²) in [6.07, 6.45) is 8.11. The van der Waals surface area contributed by atoms with Crippen LogP contribution in [0, 0.1) is 5.92 Å². The van der Waals surface area contributed by atoms with E-state index < -0.39 is 0 Å². The van der Waals surface area contributed by atoms with Crippen LogP contribution in [-0.2, 0) is 12.8 Å². The fraction of sp³-hybridized carbons (Fsp3) is 0.318. The van der Waals surface area contributed by atoms with Gasteiger partial charge in [-0.2, -0.15) is 0 Å². The van der Waals surface area contributed by atoms with Gasteiger partial charge in [0.05, 0.1) is 0 Å². The number of nitrogens with zero attached hydrogens (tertiary/aromatic N) is 5. The van der Waals surface area contributed by atoms with Crippen molar-refractivity contribution in [2.24, 2.45) is 5.92 Å². The molecule has 5 heterocycles. The van der Waals surface area contributed by atoms with Crippen LogP contribution in [-0.4, -0.2) is 45.5 Å². The van der Waals surface area contributed by atoms with E-state index in [1.165, 1.54) is 0 Å². The van der Waals surface area contributed by atoms with Crippen molar-refractivity contribution in [3.05, 3.63) is 65.9 Å². The van der Waals surface area contributed by atoms with Gasteiger partial charge in [0, 0.05) is 55.0 Å². The largest absolute Gasteiger partial charge is 0.356 e. The molecule has 0 radical (unpaired) electrons. The summed E-state index contributed by atoms with van der Waals surface area (Å²) in [6, 6.07) is 9.85. The van der Waals surface area contributed by atoms with Crippen LogP contribution in [0.3, 0.4) is 0 Å². The lowest BCUT2D eigenvalue weighted by atomic mass is 10.0. The van der Waals surface area contributed by atoms with Crippen LogP contribution in [0.5, 0.6) is 0 Å². The number of hydrogen-bond donors (Lipinski definition) is 1. The number of rotatable bonds is 4. The predicted molar refractivity (Wildman–Crippen MR) is 110 cm³/mol. The Hall–Kier alpha value is -3.35. The van der Waals surface area contributed by atoms with Crippen molar-refractivity contribution >= 4 is 11.7 Å². The molecule has 3 aromatic heterocycles. The van der Waals surface area contributed by atoms with E-state index in [0.29, 0.717) is 24.0 Å². The second-order valence-corrected chi connectivity index (χ2v) is 7.57. The quantitative estimate of drug-likeness (QED) is 0.741. The van der Waals surface area contributed by atoms with Gasteiger partial charge in [0.2, 0.25) is 0 Å². The Kier molecular flexibility index (Phi) is 4.63. The van der Waals surface area contributed by atoms with Gasteiger partial charge in [0.25, 0.3) is 5.91 Å². The first-order valence-corrected chi connectivity index (χ1v) is 10.0. The number of aromatic nitrogens is 4. The molecule has 0 bridgehead atoms. The van der Waals surface area contributed by atoms with Crippen LogP contribution >= 0.6 is 0 Å². The molecule has 2 aliphatic heterocycles. The maximum atomic E-state index is 12.5. The minimum absolute atomic E-state index is 0.121. The summed E-state index contributed by atoms with van der Waals surface area (Å²) >= 11 is 0. The molecule has 29 heavy (non-hydrogen) atoms. The normalized spacial score (nSPS) is 18.4. The van der Waals surface area contributed by atoms with Crippen molar-refractivity contribution in [1.29, 1.82) is 0 Å². The fourth-order valence-electron chi connectivity index (χ4n) is 4.17. The summed E-state index contributed by atoms with van der Waals surface area (Å²) < 4.78 is 0. The molecular weight excluding hydrogens is 364 g/mol. The molecule has 3 aromatic rings. The summed E-state index contributed by atoms with van der Waals surface area (Å²) in [6.45, 7) is 2.46. The topological polar surface area (TPSA) is 83.9 Å². The lowest BCUT2D eigenvalue weighted by Crippen LogP contribution is -2.35. The number of fused-ring (bicyclic) bond motifs is 1. The molecule has 7 heteroatoms. The molecule has 1 amide bonds. The van der Waals surface area contributed by atoms with E-state index >= 15 is 0 Å². The summed E-state index contributed by atoms with van der Waals surface area (Å²) in [5.74, 6) is 1.85. The third-order valence-electron chi connectivity index (χ3n) is 5.59. The molecular formula is C22H22N6O. The van der Waals surface area contributed by atoms with Crippen molar-refractivity contribution in [2.45, 2.75) is 19.3 Å². The van der Waals surface area contributed by atoms with Crippen LogP contribution in [0.15, 0.2) is 48.9 Å². The van der Waals surface area contributed by atoms with Crippen LogP contribution in [0.25, 0.3) is 11.4 Å². The van der Waals surface area contributed by atoms with Crippen molar-refractivity contribution in [2.75, 3.05) is 24.5 Å². The average molecular weight is 386 g/mol. The van der Waals surface area contributed by atoms with E-state index in [4.69, 9.17) is 4.98 Å². The molecule has 1 saturated heterocycles. The Bertz CT molecular complexity index is 1020. The predicted octanol–water partition coefficient (Wildman–Crippen LogP) is 2.29. The van der Waals surface area contributed by atoms with Crippen LogP contribution in [0.4, 0.5) is 5.82 Å². The minimum atomic E-state index is -0.121. The van der Waals surface area contributed by atoms with Gasteiger partial charge in [-0.25, -0.2) is 9.97 Å². The van der Waals surface area contributed by atoms with Crippen LogP contribution in [0.2, 0.25) is 0 Å². The SMILES string of the molecule is O=C1NCCc2c1nc(-c1cccnc1)nc2N1CCC(Cc2ccccn2)C1. The number of carbonyl (C=O) groups is 1. The van der Waals surface area contributed by atoms with Crippen molar-refractivity contribution < 1.29 is 4.79 Å². The summed E-state index contributed by atoms with van der Waals surface area (Å²) in [7, 11) is 0. The zero-order valence-electron chi connectivity index (χ0n) is 16.1. The van der Waals surface area contributed by atoms with Crippen molar-refractivity contribution in [1.82, 2.24) is 25.3 Å². The monoisotopic (exact) mass is 386 g/mol. The van der Waals surface area contributed by atoms with Gasteiger partial charge >= 0.3 is 0 Å². The molecule has 7 nitrogen and oxygen atoms in total. The zero-order chi connectivity index (χ0) is 19.6. The average Bonchev–Trinajstić information content (AvgIpc) is 3.23. The highest BCUT2D eigenvalue weighted by Crippen LogP contribution is 2.31. The molecule has 146 valence electrons. The smallest absolute Gasteiger partial charge is 0.270 e. The number of amides is 1. The molecule has 1 atom stereocenters. The second-order valence-electron chi connectivity index (χ2n) is 7.57. The van der Waals surface area contributed by atoms with Gasteiger partial charge in [0.15, 0.2) is 5.82 Å². The van der Waals surface area contributed by atoms with Crippen molar-refractivity contribution in [3.8, 4) is 11.4 Å². The highest BCUT2D eigenvalue weighted by molar-refractivity contribution is 5.96. The first-order valence-electron chi connectivity index (χ1n) is 10.0. The number of carbonyl (C=O) groups excluding carboxylic acids is 1. The Labute approximate surface area is 169 Å². The highest BCUT2D eigenvalue weighted by Gasteiger charge is 2.30. The van der Waals surface area contributed by atoms with E-state index in [-0.39, 0.29) is 5.91 Å². The first kappa shape index (κ1) is 17.7. The molecule has 0 aliphatic carbocycles. The first-order chi connectivity index (χ1) is 14.3. The summed E-state index contributed by atoms with van der Waals surface area (Å²) in [4.78, 5) is 32.9. The number of hydrogen-bond acceptors (Lipinski definition) is 6. The lowest BCUT2D eigenvalue weighted by molar-refractivity contribution is 0.0940. The fourth-order valence-corrected chi connectivity index (χ4v) is 4.17. The molecule has 1 fully saturated rings. The second kappa shape index (κ2) is 7.58. The van der Waals surface area contributed by atoms with Gasteiger partial charge in [-0.05, 0) is 49.4 Å². The molecule has 0 aromatic carbocycles. The number of anilines is 1. The van der Waals surface area contributed by atoms with E-state index in [2.05, 4.69) is 31.2 Å². The molecule has 5 rings (SSSR count). The van der Waals surface area contributed by atoms with E-state index in [9.17, 15) is 4.79 Å². The highest BCUT2D eigenvalue weighted by atomic mass is 16.1. The maximum Gasteiger partial charge on any atom is 0.270 e. The van der Waals surface area contributed by atoms with Gasteiger partial charge in [0.1, 0.15) is 11.5 Å². The molecule has 0 saturated carbocycles. The summed E-state index contributed by atoms with van der Waals surface area (Å²) in [5.41, 5.74) is 3.40. The van der Waals surface area contributed by atoms with Gasteiger partial charge in [-0.3, -0.25) is 14.8 Å². The van der Waals surface area contributed by atoms with Gasteiger partial charge in [-0.1, -0.05) is 6.07 Å². The zero-order valence-corrected chi connectivity index (χ0v) is 16.1. The van der Waals surface area contributed by atoms with Crippen molar-refractivity contribution in [3.63, 3.8) is 0 Å². The number of nitrogens with one attached hydrogen (secondary N) is 1. The molecule has 1 N–H and O–H groups in total. The molecule has 0 spiro atoms. The van der Waals surface area contributed by atoms with Crippen LogP contribution < -0.4 is 10.2 Å².